The summed E-state index contributed by atoms with van der Waals surface area (Å²) in [6.07, 6.45) is 9.08. The fourth-order valence-corrected chi connectivity index (χ4v) is 2.10. The van der Waals surface area contributed by atoms with E-state index in [0.717, 1.165) is 29.2 Å². The van der Waals surface area contributed by atoms with E-state index in [9.17, 15) is 9.90 Å². The third-order valence-electron chi connectivity index (χ3n) is 3.67. The van der Waals surface area contributed by atoms with Crippen molar-refractivity contribution in [3.63, 3.8) is 0 Å². The van der Waals surface area contributed by atoms with E-state index in [0.29, 0.717) is 18.6 Å². The molecule has 0 atom stereocenters. The van der Waals surface area contributed by atoms with E-state index in [1.165, 1.54) is 11.1 Å². The molecule has 0 saturated heterocycles. The van der Waals surface area contributed by atoms with Gasteiger partial charge in [-0.25, -0.2) is 4.79 Å². The monoisotopic (exact) mass is 314 g/mol. The Morgan fingerprint density at radius 3 is 2.13 bits per heavy atom. The summed E-state index contributed by atoms with van der Waals surface area (Å²) in [6, 6.07) is 3.69. The molecule has 0 aliphatic carbocycles. The molecular weight excluding hydrogens is 288 g/mol. The quantitative estimate of drug-likeness (QED) is 0.556. The van der Waals surface area contributed by atoms with E-state index in [4.69, 9.17) is 5.11 Å². The van der Waals surface area contributed by atoms with Crippen LogP contribution in [0.15, 0.2) is 41.5 Å². The minimum atomic E-state index is -0.979. The summed E-state index contributed by atoms with van der Waals surface area (Å²) in [5.74, 6) is -0.678. The normalized spacial score (nSPS) is 11.7. The summed E-state index contributed by atoms with van der Waals surface area (Å²) >= 11 is 0. The van der Waals surface area contributed by atoms with Crippen LogP contribution in [0.3, 0.4) is 0 Å². The summed E-state index contributed by atoms with van der Waals surface area (Å²) in [5, 5.41) is 19.3. The SMILES string of the molecule is CC/C(C)=C\Cc1cc(/C=C/C(=O)O)cc(CC=C(C)C)c1O. The molecule has 1 aromatic rings. The van der Waals surface area contributed by atoms with Crippen molar-refractivity contribution in [1.82, 2.24) is 0 Å². The van der Waals surface area contributed by atoms with Crippen LogP contribution < -0.4 is 0 Å². The lowest BCUT2D eigenvalue weighted by atomic mass is 9.98. The van der Waals surface area contributed by atoms with Crippen molar-refractivity contribution in [1.29, 1.82) is 0 Å². The van der Waals surface area contributed by atoms with Gasteiger partial charge in [-0.15, -0.1) is 0 Å². The van der Waals surface area contributed by atoms with Gasteiger partial charge in [-0.1, -0.05) is 30.2 Å². The number of carboxylic acids is 1. The van der Waals surface area contributed by atoms with Gasteiger partial charge < -0.3 is 10.2 Å². The molecule has 124 valence electrons. The van der Waals surface area contributed by atoms with Crippen LogP contribution in [0.25, 0.3) is 6.08 Å². The van der Waals surface area contributed by atoms with Gasteiger partial charge in [0.15, 0.2) is 0 Å². The van der Waals surface area contributed by atoms with Gasteiger partial charge in [-0.3, -0.25) is 0 Å². The number of phenols is 1. The average molecular weight is 314 g/mol. The lowest BCUT2D eigenvalue weighted by Crippen LogP contribution is -1.94. The van der Waals surface area contributed by atoms with Crippen LogP contribution in [0.4, 0.5) is 0 Å². The molecule has 23 heavy (non-hydrogen) atoms. The molecule has 0 radical (unpaired) electrons. The molecular formula is C20H26O3. The van der Waals surface area contributed by atoms with Crippen molar-refractivity contribution < 1.29 is 15.0 Å². The van der Waals surface area contributed by atoms with Gasteiger partial charge in [0.1, 0.15) is 5.75 Å². The topological polar surface area (TPSA) is 57.5 Å². The first kappa shape index (κ1) is 18.8. The van der Waals surface area contributed by atoms with Crippen molar-refractivity contribution in [3.8, 4) is 5.75 Å². The highest BCUT2D eigenvalue weighted by Gasteiger charge is 2.08. The highest BCUT2D eigenvalue weighted by molar-refractivity contribution is 5.85. The van der Waals surface area contributed by atoms with Gasteiger partial charge in [-0.2, -0.15) is 0 Å². The maximum atomic E-state index is 10.7. The second-order valence-electron chi connectivity index (χ2n) is 5.95. The smallest absolute Gasteiger partial charge is 0.328 e. The van der Waals surface area contributed by atoms with Gasteiger partial charge in [0, 0.05) is 6.08 Å². The van der Waals surface area contributed by atoms with Crippen LogP contribution in [-0.2, 0) is 17.6 Å². The Bertz CT molecular complexity index is 645. The fraction of sp³-hybridized carbons (Fsp3) is 0.350. The van der Waals surface area contributed by atoms with Crippen LogP contribution in [0.1, 0.15) is 50.8 Å². The molecule has 0 aliphatic rings. The molecule has 0 fully saturated rings. The van der Waals surface area contributed by atoms with E-state index in [1.54, 1.807) is 6.08 Å². The van der Waals surface area contributed by atoms with Gasteiger partial charge in [0.2, 0.25) is 0 Å². The highest BCUT2D eigenvalue weighted by Crippen LogP contribution is 2.27. The minimum absolute atomic E-state index is 0.301. The summed E-state index contributed by atoms with van der Waals surface area (Å²) in [6.45, 7) is 8.19. The highest BCUT2D eigenvalue weighted by atomic mass is 16.4. The first-order chi connectivity index (χ1) is 10.8. The first-order valence-corrected chi connectivity index (χ1v) is 7.88. The molecule has 0 unspecified atom stereocenters. The standard InChI is InChI=1S/C20H26O3/c1-5-15(4)7-10-18-13-16(8-11-19(21)22)12-17(20(18)23)9-6-14(2)3/h6-8,11-13,23H,5,9-10H2,1-4H3,(H,21,22)/b11-8+,15-7-. The summed E-state index contributed by atoms with van der Waals surface area (Å²) < 4.78 is 0. The molecule has 0 bridgehead atoms. The van der Waals surface area contributed by atoms with Gasteiger partial charge in [-0.05, 0) is 74.9 Å². The molecule has 0 heterocycles. The first-order valence-electron chi connectivity index (χ1n) is 7.88. The zero-order valence-electron chi connectivity index (χ0n) is 14.4. The zero-order valence-corrected chi connectivity index (χ0v) is 14.4. The maximum Gasteiger partial charge on any atom is 0.328 e. The lowest BCUT2D eigenvalue weighted by molar-refractivity contribution is -0.131. The van der Waals surface area contributed by atoms with E-state index in [-0.39, 0.29) is 0 Å². The number of aliphatic carboxylic acids is 1. The molecule has 2 N–H and O–H groups in total. The average Bonchev–Trinajstić information content (AvgIpc) is 2.50. The molecule has 0 amide bonds. The molecule has 0 saturated carbocycles. The Morgan fingerprint density at radius 2 is 1.65 bits per heavy atom. The maximum absolute atomic E-state index is 10.7. The molecule has 0 aliphatic heterocycles. The number of carbonyl (C=O) groups is 1. The van der Waals surface area contributed by atoms with E-state index in [1.807, 2.05) is 26.0 Å². The predicted molar refractivity (Wildman–Crippen MR) is 95.7 cm³/mol. The number of phenolic OH excluding ortho intramolecular Hbond substituents is 1. The number of hydrogen-bond acceptors (Lipinski definition) is 2. The van der Waals surface area contributed by atoms with Crippen LogP contribution in [0.2, 0.25) is 0 Å². The van der Waals surface area contributed by atoms with E-state index < -0.39 is 5.97 Å². The second-order valence-corrected chi connectivity index (χ2v) is 5.95. The number of allylic oxidation sites excluding steroid dienone is 4. The number of carboxylic acid groups (broad SMARTS) is 1. The molecule has 0 spiro atoms. The Labute approximate surface area is 138 Å². The van der Waals surface area contributed by atoms with E-state index >= 15 is 0 Å². The Morgan fingerprint density at radius 1 is 1.09 bits per heavy atom. The molecule has 0 aromatic heterocycles. The number of benzene rings is 1. The Balaban J connectivity index is 3.25. The summed E-state index contributed by atoms with van der Waals surface area (Å²) in [4.78, 5) is 10.7. The Kier molecular flexibility index (Phi) is 7.33. The van der Waals surface area contributed by atoms with Crippen molar-refractivity contribution in [2.75, 3.05) is 0 Å². The summed E-state index contributed by atoms with van der Waals surface area (Å²) in [7, 11) is 0. The van der Waals surface area contributed by atoms with Gasteiger partial charge in [0.05, 0.1) is 0 Å². The largest absolute Gasteiger partial charge is 0.507 e. The summed E-state index contributed by atoms with van der Waals surface area (Å²) in [5.41, 5.74) is 4.87. The fourth-order valence-electron chi connectivity index (χ4n) is 2.10. The minimum Gasteiger partial charge on any atom is -0.507 e. The molecule has 3 nitrogen and oxygen atoms in total. The second kappa shape index (κ2) is 8.99. The third-order valence-corrected chi connectivity index (χ3v) is 3.67. The predicted octanol–water partition coefficient (Wildman–Crippen LogP) is 4.90. The number of rotatable bonds is 7. The van der Waals surface area contributed by atoms with Crippen LogP contribution in [0.5, 0.6) is 5.75 Å². The molecule has 1 rings (SSSR count). The van der Waals surface area contributed by atoms with Crippen molar-refractivity contribution in [3.05, 3.63) is 58.2 Å². The zero-order chi connectivity index (χ0) is 17.4. The molecule has 1 aromatic carbocycles. The van der Waals surface area contributed by atoms with Crippen molar-refractivity contribution in [2.24, 2.45) is 0 Å². The van der Waals surface area contributed by atoms with Crippen LogP contribution in [-0.4, -0.2) is 16.2 Å². The number of aromatic hydroxyl groups is 1. The van der Waals surface area contributed by atoms with Crippen LogP contribution >= 0.6 is 0 Å². The van der Waals surface area contributed by atoms with Gasteiger partial charge in [0.25, 0.3) is 0 Å². The lowest BCUT2D eigenvalue weighted by Gasteiger charge is -2.10. The van der Waals surface area contributed by atoms with Crippen molar-refractivity contribution >= 4 is 12.0 Å². The number of hydrogen-bond donors (Lipinski definition) is 2. The third kappa shape index (κ3) is 6.55. The Hall–Kier alpha value is -2.29. The van der Waals surface area contributed by atoms with E-state index in [2.05, 4.69) is 26.0 Å². The van der Waals surface area contributed by atoms with Crippen molar-refractivity contribution in [2.45, 2.75) is 47.0 Å². The molecule has 3 heteroatoms. The van der Waals surface area contributed by atoms with Crippen LogP contribution in [0, 0.1) is 0 Å². The van der Waals surface area contributed by atoms with Gasteiger partial charge >= 0.3 is 5.97 Å².